The van der Waals surface area contributed by atoms with Gasteiger partial charge in [0.2, 0.25) is 0 Å². The molecule has 27 heavy (non-hydrogen) atoms. The summed E-state index contributed by atoms with van der Waals surface area (Å²) in [6.45, 7) is 0. The second kappa shape index (κ2) is 8.56. The van der Waals surface area contributed by atoms with Gasteiger partial charge in [-0.3, -0.25) is 9.59 Å². The van der Waals surface area contributed by atoms with Crippen molar-refractivity contribution in [1.82, 2.24) is 9.88 Å². The molecule has 1 aromatic heterocycles. The molecule has 2 amide bonds. The minimum Gasteiger partial charge on any atom is -0.339 e. The van der Waals surface area contributed by atoms with Gasteiger partial charge >= 0.3 is 0 Å². The van der Waals surface area contributed by atoms with E-state index in [-0.39, 0.29) is 11.1 Å². The number of hydrogen-bond acceptors (Lipinski definition) is 5. The summed E-state index contributed by atoms with van der Waals surface area (Å²) in [5.41, 5.74) is 1.74. The summed E-state index contributed by atoms with van der Waals surface area (Å²) in [7, 11) is 3.37. The summed E-state index contributed by atoms with van der Waals surface area (Å²) < 4.78 is 0. The lowest BCUT2D eigenvalue weighted by Gasteiger charge is -2.12. The number of carbonyl (C=O) groups excluding carboxylic acids is 2. The molecule has 5 nitrogen and oxygen atoms in total. The number of benzene rings is 2. The smallest absolute Gasteiger partial charge is 0.286 e. The van der Waals surface area contributed by atoms with Gasteiger partial charge in [-0.15, -0.1) is 11.3 Å². The maximum atomic E-state index is 12.6. The van der Waals surface area contributed by atoms with Crippen LogP contribution in [0.5, 0.6) is 0 Å². The predicted octanol–water partition coefficient (Wildman–Crippen LogP) is 5.49. The third kappa shape index (κ3) is 4.88. The SMILES string of the molecule is CN(C)C(=O)Sc1ccccc1NC(=O)c1csc(-c2cccc(Cl)c2)n1. The number of anilines is 1. The lowest BCUT2D eigenvalue weighted by atomic mass is 10.2. The maximum Gasteiger partial charge on any atom is 0.286 e. The molecule has 1 heterocycles. The van der Waals surface area contributed by atoms with Crippen molar-refractivity contribution in [2.75, 3.05) is 19.4 Å². The van der Waals surface area contributed by atoms with Crippen LogP contribution in [0.25, 0.3) is 10.6 Å². The molecule has 3 rings (SSSR count). The lowest BCUT2D eigenvalue weighted by Crippen LogP contribution is -2.17. The molecule has 0 saturated heterocycles. The van der Waals surface area contributed by atoms with E-state index in [2.05, 4.69) is 10.3 Å². The minimum atomic E-state index is -0.329. The first-order valence-corrected chi connectivity index (χ1v) is 10.0. The van der Waals surface area contributed by atoms with Crippen molar-refractivity contribution in [2.24, 2.45) is 0 Å². The number of nitrogens with zero attached hydrogens (tertiary/aromatic N) is 2. The fraction of sp³-hybridized carbons (Fsp3) is 0.105. The standard InChI is InChI=1S/C19H16ClN3O2S2/c1-23(2)19(25)27-16-9-4-3-8-14(16)21-17(24)15-11-26-18(22-15)12-6-5-7-13(20)10-12/h3-11H,1-2H3,(H,21,24). The number of para-hydroxylation sites is 1. The van der Waals surface area contributed by atoms with Crippen LogP contribution < -0.4 is 5.32 Å². The highest BCUT2D eigenvalue weighted by Crippen LogP contribution is 2.30. The van der Waals surface area contributed by atoms with E-state index in [0.29, 0.717) is 26.3 Å². The highest BCUT2D eigenvalue weighted by molar-refractivity contribution is 8.13. The second-order valence-corrected chi connectivity index (χ2v) is 8.05. The van der Waals surface area contributed by atoms with Crippen molar-refractivity contribution >= 4 is 51.5 Å². The van der Waals surface area contributed by atoms with Gasteiger partial charge < -0.3 is 10.2 Å². The van der Waals surface area contributed by atoms with E-state index < -0.39 is 0 Å². The molecule has 0 aliphatic heterocycles. The molecule has 1 N–H and O–H groups in total. The third-order valence-electron chi connectivity index (χ3n) is 3.51. The quantitative estimate of drug-likeness (QED) is 0.570. The van der Waals surface area contributed by atoms with Gasteiger partial charge in [0.25, 0.3) is 11.1 Å². The average molecular weight is 418 g/mol. The largest absolute Gasteiger partial charge is 0.339 e. The van der Waals surface area contributed by atoms with Crippen molar-refractivity contribution in [3.63, 3.8) is 0 Å². The number of rotatable bonds is 4. The molecular formula is C19H16ClN3O2S2. The number of nitrogens with one attached hydrogen (secondary N) is 1. The Kier molecular flexibility index (Phi) is 6.15. The van der Waals surface area contributed by atoms with Gasteiger partial charge in [0.15, 0.2) is 0 Å². The van der Waals surface area contributed by atoms with Crippen LogP contribution in [0.3, 0.4) is 0 Å². The number of aromatic nitrogens is 1. The monoisotopic (exact) mass is 417 g/mol. The van der Waals surface area contributed by atoms with E-state index in [9.17, 15) is 9.59 Å². The Morgan fingerprint density at radius 3 is 2.67 bits per heavy atom. The summed E-state index contributed by atoms with van der Waals surface area (Å²) in [6.07, 6.45) is 0. The van der Waals surface area contributed by atoms with Crippen LogP contribution >= 0.6 is 34.7 Å². The maximum absolute atomic E-state index is 12.6. The summed E-state index contributed by atoms with van der Waals surface area (Å²) in [5.74, 6) is -0.329. The zero-order valence-corrected chi connectivity index (χ0v) is 17.0. The van der Waals surface area contributed by atoms with Gasteiger partial charge in [-0.2, -0.15) is 0 Å². The molecule has 0 radical (unpaired) electrons. The molecule has 0 atom stereocenters. The first-order chi connectivity index (χ1) is 12.9. The van der Waals surface area contributed by atoms with Gasteiger partial charge in [0.05, 0.1) is 5.69 Å². The van der Waals surface area contributed by atoms with Gasteiger partial charge in [-0.05, 0) is 36.0 Å². The highest BCUT2D eigenvalue weighted by atomic mass is 35.5. The zero-order chi connectivity index (χ0) is 19.4. The van der Waals surface area contributed by atoms with Crippen molar-refractivity contribution in [2.45, 2.75) is 4.90 Å². The van der Waals surface area contributed by atoms with Gasteiger partial charge in [-0.1, -0.05) is 35.9 Å². The summed E-state index contributed by atoms with van der Waals surface area (Å²) >= 11 is 8.45. The van der Waals surface area contributed by atoms with Crippen molar-refractivity contribution in [3.05, 3.63) is 64.6 Å². The first kappa shape index (κ1) is 19.4. The van der Waals surface area contributed by atoms with Crippen molar-refractivity contribution in [1.29, 1.82) is 0 Å². The van der Waals surface area contributed by atoms with E-state index in [1.165, 1.54) is 16.2 Å². The van der Waals surface area contributed by atoms with Crippen LogP contribution in [0, 0.1) is 0 Å². The molecule has 3 aromatic rings. The minimum absolute atomic E-state index is 0.117. The van der Waals surface area contributed by atoms with E-state index in [1.807, 2.05) is 18.2 Å². The number of thiazole rings is 1. The molecule has 0 unspecified atom stereocenters. The van der Waals surface area contributed by atoms with Crippen LogP contribution in [0.4, 0.5) is 10.5 Å². The van der Waals surface area contributed by atoms with Crippen LogP contribution in [0.1, 0.15) is 10.5 Å². The normalized spacial score (nSPS) is 10.5. The van der Waals surface area contributed by atoms with Gasteiger partial charge in [-0.25, -0.2) is 4.98 Å². The summed E-state index contributed by atoms with van der Waals surface area (Å²) in [5, 5.41) is 5.75. The molecule has 0 aliphatic rings. The molecule has 0 spiro atoms. The molecule has 0 aliphatic carbocycles. The van der Waals surface area contributed by atoms with E-state index in [4.69, 9.17) is 11.6 Å². The summed E-state index contributed by atoms with van der Waals surface area (Å²) in [6, 6.07) is 14.5. The molecule has 2 aromatic carbocycles. The van der Waals surface area contributed by atoms with Crippen molar-refractivity contribution in [3.8, 4) is 10.6 Å². The Bertz CT molecular complexity index is 988. The average Bonchev–Trinajstić information content (AvgIpc) is 3.13. The fourth-order valence-electron chi connectivity index (χ4n) is 2.16. The molecule has 138 valence electrons. The molecular weight excluding hydrogens is 402 g/mol. The Morgan fingerprint density at radius 1 is 1.15 bits per heavy atom. The lowest BCUT2D eigenvalue weighted by molar-refractivity contribution is 0.102. The van der Waals surface area contributed by atoms with E-state index >= 15 is 0 Å². The van der Waals surface area contributed by atoms with Gasteiger partial charge in [0.1, 0.15) is 10.7 Å². The van der Waals surface area contributed by atoms with E-state index in [0.717, 1.165) is 17.3 Å². The summed E-state index contributed by atoms with van der Waals surface area (Å²) in [4.78, 5) is 31.1. The van der Waals surface area contributed by atoms with E-state index in [1.54, 1.807) is 49.8 Å². The molecule has 0 bridgehead atoms. The Labute approximate surface area is 170 Å². The topological polar surface area (TPSA) is 62.3 Å². The highest BCUT2D eigenvalue weighted by Gasteiger charge is 2.16. The molecule has 0 fully saturated rings. The fourth-order valence-corrected chi connectivity index (χ4v) is 3.90. The van der Waals surface area contributed by atoms with Crippen LogP contribution in [-0.4, -0.2) is 35.1 Å². The third-order valence-corrected chi connectivity index (χ3v) is 5.75. The number of thioether (sulfide) groups is 1. The van der Waals surface area contributed by atoms with Crippen LogP contribution in [0.15, 0.2) is 58.8 Å². The van der Waals surface area contributed by atoms with Crippen LogP contribution in [0.2, 0.25) is 5.02 Å². The second-order valence-electron chi connectivity index (χ2n) is 5.76. The number of halogens is 1. The number of amides is 2. The van der Waals surface area contributed by atoms with Crippen LogP contribution in [-0.2, 0) is 0 Å². The van der Waals surface area contributed by atoms with Gasteiger partial charge in [0, 0.05) is 35.0 Å². The molecule has 8 heteroatoms. The predicted molar refractivity (Wildman–Crippen MR) is 112 cm³/mol. The zero-order valence-electron chi connectivity index (χ0n) is 14.6. The Hall–Kier alpha value is -2.35. The first-order valence-electron chi connectivity index (χ1n) is 7.95. The number of hydrogen-bond donors (Lipinski definition) is 1. The van der Waals surface area contributed by atoms with Crippen molar-refractivity contribution < 1.29 is 9.59 Å². The number of carbonyl (C=O) groups is 2. The molecule has 0 saturated carbocycles. The Balaban J connectivity index is 1.78. The Morgan fingerprint density at radius 2 is 1.93 bits per heavy atom.